The number of hydrogen-bond donors (Lipinski definition) is 0. The van der Waals surface area contributed by atoms with Crippen molar-refractivity contribution in [3.8, 4) is 11.5 Å². The van der Waals surface area contributed by atoms with Gasteiger partial charge in [0.25, 0.3) is 0 Å². The molecule has 0 aromatic heterocycles. The maximum atomic E-state index is 12.9. The number of ether oxygens (including phenoxy) is 2. The Morgan fingerprint density at radius 2 is 1.52 bits per heavy atom. The lowest BCUT2D eigenvalue weighted by atomic mass is 10.1. The van der Waals surface area contributed by atoms with E-state index in [0.29, 0.717) is 18.8 Å². The normalized spacial score (nSPS) is 13.1. The topological polar surface area (TPSA) is 51.1 Å². The van der Waals surface area contributed by atoms with Gasteiger partial charge in [0.1, 0.15) is 17.3 Å². The molecule has 0 atom stereocenters. The summed E-state index contributed by atoms with van der Waals surface area (Å²) in [4.78, 5) is 19.7. The summed E-state index contributed by atoms with van der Waals surface area (Å²) < 4.78 is 11.0. The molecule has 6 heteroatoms. The van der Waals surface area contributed by atoms with Crippen LogP contribution in [0.3, 0.4) is 0 Å². The molecule has 0 unspecified atom stereocenters. The number of ketones is 1. The smallest absolute Gasteiger partial charge is 0.182 e. The van der Waals surface area contributed by atoms with Crippen molar-refractivity contribution in [1.29, 1.82) is 0 Å². The minimum Gasteiger partial charge on any atom is -0.494 e. The summed E-state index contributed by atoms with van der Waals surface area (Å²) in [5.74, 6) is 2.65. The van der Waals surface area contributed by atoms with Gasteiger partial charge in [-0.3, -0.25) is 9.79 Å². The summed E-state index contributed by atoms with van der Waals surface area (Å²) in [5.41, 5.74) is 1.64. The number of carbonyl (C=O) groups excluding carboxylic acids is 1. The minimum absolute atomic E-state index is 0. The molecule has 156 valence electrons. The van der Waals surface area contributed by atoms with Crippen molar-refractivity contribution in [1.82, 2.24) is 0 Å². The van der Waals surface area contributed by atoms with Crippen LogP contribution >= 0.6 is 17.0 Å². The molecule has 0 bridgehead atoms. The van der Waals surface area contributed by atoms with Crippen LogP contribution in [0.2, 0.25) is 0 Å². The van der Waals surface area contributed by atoms with E-state index in [2.05, 4.69) is 4.99 Å². The van der Waals surface area contributed by atoms with Crippen LogP contribution in [-0.2, 0) is 0 Å². The fraction of sp³-hybridized carbons (Fsp3) is 0.391. The quantitative estimate of drug-likeness (QED) is 0.499. The molecule has 5 nitrogen and oxygen atoms in total. The van der Waals surface area contributed by atoms with Crippen molar-refractivity contribution >= 4 is 34.3 Å². The summed E-state index contributed by atoms with van der Waals surface area (Å²) >= 11 is 0. The maximum absolute atomic E-state index is 12.9. The Morgan fingerprint density at radius 3 is 2.03 bits per heavy atom. The maximum Gasteiger partial charge on any atom is 0.182 e. The summed E-state index contributed by atoms with van der Waals surface area (Å²) in [6.07, 6.45) is 3.10. The first-order valence-corrected chi connectivity index (χ1v) is 10.0. The van der Waals surface area contributed by atoms with Gasteiger partial charge in [-0.25, -0.2) is 0 Å². The van der Waals surface area contributed by atoms with Crippen LogP contribution < -0.4 is 14.4 Å². The highest BCUT2D eigenvalue weighted by molar-refractivity contribution is 8.93. The van der Waals surface area contributed by atoms with Crippen LogP contribution in [0.5, 0.6) is 11.5 Å². The van der Waals surface area contributed by atoms with E-state index in [-0.39, 0.29) is 29.3 Å². The highest BCUT2D eigenvalue weighted by Gasteiger charge is 2.20. The Balaban J connectivity index is 0.00000300. The van der Waals surface area contributed by atoms with Crippen LogP contribution in [0.1, 0.15) is 43.5 Å². The zero-order valence-electron chi connectivity index (χ0n) is 17.1. The van der Waals surface area contributed by atoms with Crippen molar-refractivity contribution in [3.63, 3.8) is 0 Å². The van der Waals surface area contributed by atoms with Gasteiger partial charge in [0.05, 0.1) is 19.8 Å². The van der Waals surface area contributed by atoms with Crippen molar-refractivity contribution in [2.75, 3.05) is 31.2 Å². The molecular formula is C23H29BrN2O3. The number of hydrogen-bond acceptors (Lipinski definition) is 5. The zero-order valence-corrected chi connectivity index (χ0v) is 18.8. The second-order valence-electron chi connectivity index (χ2n) is 6.65. The number of nitrogens with zero attached hydrogens (tertiary/aromatic N) is 2. The molecule has 0 fully saturated rings. The van der Waals surface area contributed by atoms with E-state index in [4.69, 9.17) is 9.47 Å². The molecule has 0 spiro atoms. The van der Waals surface area contributed by atoms with Gasteiger partial charge in [-0.1, -0.05) is 0 Å². The number of rotatable bonds is 8. The van der Waals surface area contributed by atoms with Gasteiger partial charge < -0.3 is 14.4 Å². The summed E-state index contributed by atoms with van der Waals surface area (Å²) in [6, 6.07) is 15.2. The Morgan fingerprint density at radius 1 is 0.931 bits per heavy atom. The van der Waals surface area contributed by atoms with E-state index >= 15 is 0 Å². The second-order valence-corrected chi connectivity index (χ2v) is 6.65. The highest BCUT2D eigenvalue weighted by atomic mass is 79.9. The number of halogens is 1. The van der Waals surface area contributed by atoms with Crippen molar-refractivity contribution in [2.45, 2.75) is 33.1 Å². The second kappa shape index (κ2) is 11.6. The Hall–Kier alpha value is -2.34. The summed E-state index contributed by atoms with van der Waals surface area (Å²) in [7, 11) is 0. The molecular weight excluding hydrogens is 432 g/mol. The standard InChI is InChI=1S/C23H28N2O3.BrH/c1-3-27-20-12-8-18(9-13-20)22(26)17-25(23-7-5-6-16-24-23)19-10-14-21(15-11-19)28-4-2;/h8-15H,3-7,16-17H2,1-2H3;1H. The third-order valence-corrected chi connectivity index (χ3v) is 4.66. The first-order chi connectivity index (χ1) is 13.7. The molecule has 0 aliphatic carbocycles. The van der Waals surface area contributed by atoms with E-state index in [1.807, 2.05) is 67.3 Å². The average molecular weight is 461 g/mol. The lowest BCUT2D eigenvalue weighted by molar-refractivity contribution is 0.100. The molecule has 1 aliphatic heterocycles. The average Bonchev–Trinajstić information content (AvgIpc) is 2.74. The first kappa shape index (κ1) is 22.9. The van der Waals surface area contributed by atoms with E-state index in [1.54, 1.807) is 0 Å². The van der Waals surface area contributed by atoms with Gasteiger partial charge in [0, 0.05) is 24.2 Å². The number of carbonyl (C=O) groups is 1. The molecule has 0 saturated heterocycles. The monoisotopic (exact) mass is 460 g/mol. The minimum atomic E-state index is 0. The van der Waals surface area contributed by atoms with Gasteiger partial charge in [-0.2, -0.15) is 0 Å². The fourth-order valence-corrected chi connectivity index (χ4v) is 3.26. The van der Waals surface area contributed by atoms with E-state index in [1.165, 1.54) is 0 Å². The third-order valence-electron chi connectivity index (χ3n) is 4.66. The predicted octanol–water partition coefficient (Wildman–Crippen LogP) is 5.33. The van der Waals surface area contributed by atoms with Gasteiger partial charge in [-0.15, -0.1) is 17.0 Å². The van der Waals surface area contributed by atoms with Crippen molar-refractivity contribution in [3.05, 3.63) is 54.1 Å². The van der Waals surface area contributed by atoms with Gasteiger partial charge in [-0.05, 0) is 75.2 Å². The fourth-order valence-electron chi connectivity index (χ4n) is 3.26. The van der Waals surface area contributed by atoms with Gasteiger partial charge in [0.2, 0.25) is 0 Å². The van der Waals surface area contributed by atoms with Crippen LogP contribution in [0, 0.1) is 0 Å². The van der Waals surface area contributed by atoms with E-state index in [9.17, 15) is 4.79 Å². The highest BCUT2D eigenvalue weighted by Crippen LogP contribution is 2.23. The molecule has 3 rings (SSSR count). The van der Waals surface area contributed by atoms with Gasteiger partial charge in [0.15, 0.2) is 5.78 Å². The number of amidine groups is 1. The first-order valence-electron chi connectivity index (χ1n) is 10.0. The van der Waals surface area contributed by atoms with E-state index < -0.39 is 0 Å². The molecule has 0 amide bonds. The summed E-state index contributed by atoms with van der Waals surface area (Å²) in [5, 5.41) is 0. The number of Topliss-reactive ketones (excluding diaryl/α,β-unsaturated/α-hetero) is 1. The van der Waals surface area contributed by atoms with Crippen molar-refractivity contribution in [2.24, 2.45) is 4.99 Å². The zero-order chi connectivity index (χ0) is 19.8. The number of anilines is 1. The predicted molar refractivity (Wildman–Crippen MR) is 123 cm³/mol. The molecule has 29 heavy (non-hydrogen) atoms. The lowest BCUT2D eigenvalue weighted by Gasteiger charge is -2.28. The lowest BCUT2D eigenvalue weighted by Crippen LogP contribution is -2.37. The SMILES string of the molecule is Br.CCOc1ccc(C(=O)CN(C2=NCCCC2)c2ccc(OCC)cc2)cc1. The molecule has 0 N–H and O–H groups in total. The van der Waals surface area contributed by atoms with E-state index in [0.717, 1.165) is 48.8 Å². The summed E-state index contributed by atoms with van der Waals surface area (Å²) in [6.45, 7) is 6.23. The van der Waals surface area contributed by atoms with Crippen LogP contribution in [0.25, 0.3) is 0 Å². The van der Waals surface area contributed by atoms with Crippen LogP contribution in [0.15, 0.2) is 53.5 Å². The number of aliphatic imine (C=N–C) groups is 1. The van der Waals surface area contributed by atoms with Crippen LogP contribution in [0.4, 0.5) is 5.69 Å². The molecule has 2 aromatic carbocycles. The number of benzene rings is 2. The molecule has 1 aliphatic rings. The molecule has 2 aromatic rings. The molecule has 0 radical (unpaired) electrons. The van der Waals surface area contributed by atoms with Crippen LogP contribution in [-0.4, -0.2) is 37.9 Å². The Bertz CT molecular complexity index is 804. The molecule has 0 saturated carbocycles. The Kier molecular flexibility index (Phi) is 9.19. The van der Waals surface area contributed by atoms with Crippen molar-refractivity contribution < 1.29 is 14.3 Å². The Labute approximate surface area is 183 Å². The third kappa shape index (κ3) is 6.32. The largest absolute Gasteiger partial charge is 0.494 e. The molecule has 1 heterocycles. The van der Waals surface area contributed by atoms with Gasteiger partial charge >= 0.3 is 0 Å².